The number of alkyl carbamates (subject to hydrolysis) is 1. The summed E-state index contributed by atoms with van der Waals surface area (Å²) in [6, 6.07) is -2.90. The van der Waals surface area contributed by atoms with Crippen LogP contribution in [-0.2, 0) is 42.9 Å². The number of hydrogen-bond donors (Lipinski definition) is 6. The molecule has 15 atom stereocenters. The van der Waals surface area contributed by atoms with Crippen molar-refractivity contribution >= 4 is 35.3 Å². The van der Waals surface area contributed by atoms with Gasteiger partial charge in [-0.15, -0.1) is 6.42 Å². The minimum absolute atomic E-state index is 0.00930. The highest BCUT2D eigenvalue weighted by Crippen LogP contribution is 2.37. The second kappa shape index (κ2) is 26.6. The summed E-state index contributed by atoms with van der Waals surface area (Å²) in [7, 11) is 1.51. The molecule has 0 aromatic rings. The molecule has 0 spiro atoms. The molecule has 2 bridgehead atoms. The van der Waals surface area contributed by atoms with E-state index in [1.807, 2.05) is 13.0 Å². The topological polar surface area (TPSA) is 262 Å². The molecule has 3 aliphatic heterocycles. The first-order valence-electron chi connectivity index (χ1n) is 24.5. The predicted octanol–water partition coefficient (Wildman–Crippen LogP) is 3.93. The molecule has 69 heavy (non-hydrogen) atoms. The number of cyclic esters (lactones) is 1. The number of carbonyl (C=O) groups excluding carboxylic acids is 6. The van der Waals surface area contributed by atoms with Gasteiger partial charge in [-0.05, 0) is 102 Å². The lowest BCUT2D eigenvalue weighted by molar-refractivity contribution is -0.264. The lowest BCUT2D eigenvalue weighted by Crippen LogP contribution is -2.61. The molecule has 2 saturated heterocycles. The number of piperidine rings is 1. The van der Waals surface area contributed by atoms with Crippen molar-refractivity contribution < 1.29 is 68.1 Å². The first kappa shape index (κ1) is 57.0. The van der Waals surface area contributed by atoms with Crippen LogP contribution in [0.1, 0.15) is 119 Å². The average molecular weight is 968 g/mol. The number of allylic oxidation sites excluding steroid dienone is 6. The maximum atomic E-state index is 14.3. The number of methoxy groups -OCH3 is 1. The molecular formula is C52H77N3O14. The first-order valence-corrected chi connectivity index (χ1v) is 24.5. The normalized spacial score (nSPS) is 38.4. The van der Waals surface area contributed by atoms with E-state index < -0.39 is 114 Å². The monoisotopic (exact) mass is 968 g/mol. The average Bonchev–Trinajstić information content (AvgIpc) is 3.32. The zero-order valence-corrected chi connectivity index (χ0v) is 41.4. The minimum Gasteiger partial charge on any atom is -0.459 e. The van der Waals surface area contributed by atoms with Gasteiger partial charge >= 0.3 is 12.1 Å². The molecule has 17 nitrogen and oxygen atoms in total. The third-order valence-electron chi connectivity index (χ3n) is 14.3. The Bertz CT molecular complexity index is 1980. The maximum absolute atomic E-state index is 14.3. The Morgan fingerprint density at radius 3 is 2.38 bits per heavy atom. The highest BCUT2D eigenvalue weighted by molar-refractivity contribution is 6.39. The van der Waals surface area contributed by atoms with Crippen LogP contribution in [0.5, 0.6) is 0 Å². The molecule has 4 rings (SSSR count). The van der Waals surface area contributed by atoms with Crippen LogP contribution in [0.3, 0.4) is 0 Å². The summed E-state index contributed by atoms with van der Waals surface area (Å²) in [6.45, 7) is 9.73. The van der Waals surface area contributed by atoms with E-state index >= 15 is 0 Å². The molecule has 1 aliphatic carbocycles. The van der Waals surface area contributed by atoms with Gasteiger partial charge in [0.1, 0.15) is 30.1 Å². The Morgan fingerprint density at radius 1 is 0.957 bits per heavy atom. The Hall–Kier alpha value is -4.54. The number of hydrogen-bond acceptors (Lipinski definition) is 15. The van der Waals surface area contributed by atoms with Crippen molar-refractivity contribution in [2.24, 2.45) is 35.3 Å². The second-order valence-corrected chi connectivity index (χ2v) is 19.8. The zero-order chi connectivity index (χ0) is 51.2. The standard InChI is InChI=1S/C52H77N3O14/c1-9-23-67-51(64)54-39-28-37-20-18-35(7)52(65,69-37)48(61)49(62)55-22-14-13-17-40(55)50(63)68-43(38(53)26-36-19-21-41(56)44(27-36)66-8)29-42(57)32(4)25-34(6)46(59)47(60)45(58)33(5)24-30(2)15-11-10-12-16-31(39)3/h1,10-12,15-16,25,30,32-33,35-41,43-44,46-47,56,59-60,65H,13-14,17-24,26-29,53H2,2-8H3,(H,54,64)/b12-10+,15-11+,31-16+,34-25+/t30-,32-,33-,35-,36+,37+,38-,39?,40+,41-,43+,44-,46-,47+,52-/m1/s1. The van der Waals surface area contributed by atoms with Crippen molar-refractivity contribution in [1.82, 2.24) is 10.2 Å². The van der Waals surface area contributed by atoms with E-state index in [9.17, 15) is 49.2 Å². The van der Waals surface area contributed by atoms with Gasteiger partial charge in [-0.25, -0.2) is 9.59 Å². The van der Waals surface area contributed by atoms with Gasteiger partial charge < -0.3 is 55.3 Å². The van der Waals surface area contributed by atoms with Gasteiger partial charge in [0.2, 0.25) is 5.79 Å². The Balaban J connectivity index is 1.72. The fourth-order valence-electron chi connectivity index (χ4n) is 9.89. The van der Waals surface area contributed by atoms with Gasteiger partial charge in [-0.1, -0.05) is 75.6 Å². The number of ether oxygens (including phenoxy) is 4. The summed E-state index contributed by atoms with van der Waals surface area (Å²) < 4.78 is 22.8. The van der Waals surface area contributed by atoms with Crippen LogP contribution >= 0.6 is 0 Å². The number of carbonyl (C=O) groups is 6. The highest BCUT2D eigenvalue weighted by atomic mass is 16.6. The number of Topliss-reactive ketones (excluding diaryl/α,β-unsaturated/α-hetero) is 3. The third-order valence-corrected chi connectivity index (χ3v) is 14.3. The van der Waals surface area contributed by atoms with E-state index in [0.29, 0.717) is 56.9 Å². The quantitative estimate of drug-likeness (QED) is 0.0954. The number of esters is 1. The fraction of sp³-hybridized carbons (Fsp3) is 0.692. The van der Waals surface area contributed by atoms with Crippen LogP contribution < -0.4 is 11.1 Å². The number of nitrogens with one attached hydrogen (secondary N) is 1. The number of aliphatic hydroxyl groups excluding tert-OH is 3. The number of fused-ring (bicyclic) bond motifs is 3. The molecule has 2 amide bonds. The Kier molecular flexibility index (Phi) is 22.0. The van der Waals surface area contributed by atoms with Crippen molar-refractivity contribution in [3.05, 3.63) is 47.6 Å². The van der Waals surface area contributed by atoms with E-state index in [-0.39, 0.29) is 56.2 Å². The minimum atomic E-state index is -2.58. The van der Waals surface area contributed by atoms with Gasteiger partial charge in [0.15, 0.2) is 12.4 Å². The Morgan fingerprint density at radius 2 is 1.68 bits per heavy atom. The molecule has 7 N–H and O–H groups in total. The molecular weight excluding hydrogens is 891 g/mol. The van der Waals surface area contributed by atoms with Gasteiger partial charge in [-0.2, -0.15) is 0 Å². The summed E-state index contributed by atoms with van der Waals surface area (Å²) in [6.07, 6.45) is 12.0. The van der Waals surface area contributed by atoms with Gasteiger partial charge in [0.25, 0.3) is 11.7 Å². The fourth-order valence-corrected chi connectivity index (χ4v) is 9.89. The lowest BCUT2D eigenvalue weighted by Gasteiger charge is -2.43. The van der Waals surface area contributed by atoms with Crippen LogP contribution in [-0.4, -0.2) is 141 Å². The number of terminal acetylenes is 1. The molecule has 0 aromatic heterocycles. The molecule has 1 unspecified atom stereocenters. The summed E-state index contributed by atoms with van der Waals surface area (Å²) in [5, 5.41) is 47.4. The molecule has 3 fully saturated rings. The van der Waals surface area contributed by atoms with E-state index in [1.54, 1.807) is 52.0 Å². The number of aliphatic hydroxyl groups is 4. The molecule has 17 heteroatoms. The maximum Gasteiger partial charge on any atom is 0.408 e. The second-order valence-electron chi connectivity index (χ2n) is 19.8. The number of nitrogens with zero attached hydrogens (tertiary/aromatic N) is 1. The van der Waals surface area contributed by atoms with E-state index in [1.165, 1.54) is 20.1 Å². The van der Waals surface area contributed by atoms with E-state index in [4.69, 9.17) is 31.1 Å². The smallest absolute Gasteiger partial charge is 0.408 e. The van der Waals surface area contributed by atoms with Crippen molar-refractivity contribution in [3.63, 3.8) is 0 Å². The zero-order valence-electron chi connectivity index (χ0n) is 41.4. The molecule has 3 heterocycles. The summed E-state index contributed by atoms with van der Waals surface area (Å²) in [5.74, 6) is -7.14. The van der Waals surface area contributed by atoms with Crippen molar-refractivity contribution in [3.8, 4) is 12.3 Å². The molecule has 0 radical (unpaired) electrons. The van der Waals surface area contributed by atoms with Gasteiger partial charge in [0.05, 0.1) is 24.4 Å². The summed E-state index contributed by atoms with van der Waals surface area (Å²) >= 11 is 0. The van der Waals surface area contributed by atoms with Crippen molar-refractivity contribution in [1.29, 1.82) is 0 Å². The van der Waals surface area contributed by atoms with E-state index in [2.05, 4.69) is 11.2 Å². The first-order chi connectivity index (χ1) is 32.6. The Labute approximate surface area is 407 Å². The van der Waals surface area contributed by atoms with Crippen molar-refractivity contribution in [2.75, 3.05) is 20.3 Å². The molecule has 1 saturated carbocycles. The summed E-state index contributed by atoms with van der Waals surface area (Å²) in [4.78, 5) is 84.2. The van der Waals surface area contributed by atoms with Crippen LogP contribution in [0.15, 0.2) is 47.6 Å². The van der Waals surface area contributed by atoms with Crippen LogP contribution in [0.25, 0.3) is 0 Å². The molecule has 0 aromatic carbocycles. The van der Waals surface area contributed by atoms with Crippen molar-refractivity contribution in [2.45, 2.75) is 179 Å². The van der Waals surface area contributed by atoms with Crippen LogP contribution in [0.2, 0.25) is 0 Å². The SMILES string of the molecule is C#CCOC(=O)NC1C[C@@H]2CC[C@@H](C)[C@@](O)(O2)C(=O)C(=O)N2CCCC[C@H]2C(=O)O[C@H]([C@H](N)C[C@@H]2CC[C@@H](O)[C@H](OC)C2)CC(=O)[C@H](C)/C=C(\C)[C@@H](O)[C@@H](O)C(=O)[C@H](C)C[C@H](C)/C=C/C=C/C=C/1C. The van der Waals surface area contributed by atoms with E-state index in [0.717, 1.165) is 4.90 Å². The number of ketones is 3. The lowest BCUT2D eigenvalue weighted by atomic mass is 9.80. The predicted molar refractivity (Wildman–Crippen MR) is 255 cm³/mol. The molecule has 384 valence electrons. The number of rotatable bonds is 6. The number of nitrogens with two attached hydrogens (primary N) is 1. The number of amides is 2. The van der Waals surface area contributed by atoms with Gasteiger partial charge in [-0.3, -0.25) is 19.2 Å². The van der Waals surface area contributed by atoms with Crippen LogP contribution in [0.4, 0.5) is 4.79 Å². The third kappa shape index (κ3) is 15.7. The molecule has 4 aliphatic rings. The van der Waals surface area contributed by atoms with Crippen LogP contribution in [0, 0.1) is 41.9 Å². The van der Waals surface area contributed by atoms with Gasteiger partial charge in [0, 0.05) is 43.9 Å². The highest BCUT2D eigenvalue weighted by Gasteiger charge is 2.53. The largest absolute Gasteiger partial charge is 0.459 e. The summed E-state index contributed by atoms with van der Waals surface area (Å²) in [5.41, 5.74) is 7.65.